The van der Waals surface area contributed by atoms with Crippen molar-refractivity contribution < 1.29 is 4.42 Å². The van der Waals surface area contributed by atoms with Crippen LogP contribution >= 0.6 is 11.3 Å². The average molecular weight is 720 g/mol. The third-order valence-electron chi connectivity index (χ3n) is 10.9. The molecule has 0 aliphatic rings. The molecule has 2 aromatic heterocycles. The van der Waals surface area contributed by atoms with Gasteiger partial charge in [0.1, 0.15) is 11.2 Å². The molecule has 0 aliphatic carbocycles. The van der Waals surface area contributed by atoms with E-state index in [4.69, 9.17) is 4.42 Å². The summed E-state index contributed by atoms with van der Waals surface area (Å²) in [5.41, 5.74) is 12.3. The van der Waals surface area contributed by atoms with Gasteiger partial charge in [0.05, 0.1) is 0 Å². The van der Waals surface area contributed by atoms with Crippen molar-refractivity contribution in [3.8, 4) is 33.4 Å². The van der Waals surface area contributed by atoms with E-state index in [9.17, 15) is 0 Å². The highest BCUT2D eigenvalue weighted by molar-refractivity contribution is 7.26. The standard InChI is InChI=1S/C52H33NOS/c1-2-10-37-31-38(20-19-34(37)9-1)35-21-26-41(27-22-35)53(42-28-23-36(24-29-42)39-25-30-50-48(33-39)45-13-3-5-17-49(45)54-50)43-12-7-11-40(32-43)44-15-8-16-47-46-14-4-6-18-51(46)55-52(44)47/h1-33H. The number of furan rings is 1. The number of para-hydroxylation sites is 1. The fourth-order valence-corrected chi connectivity index (χ4v) is 9.35. The zero-order chi connectivity index (χ0) is 36.3. The van der Waals surface area contributed by atoms with Crippen molar-refractivity contribution in [3.05, 3.63) is 200 Å². The van der Waals surface area contributed by atoms with E-state index in [0.29, 0.717) is 0 Å². The van der Waals surface area contributed by atoms with Gasteiger partial charge < -0.3 is 9.32 Å². The first kappa shape index (κ1) is 31.6. The molecule has 11 rings (SSSR count). The highest BCUT2D eigenvalue weighted by Gasteiger charge is 2.17. The van der Waals surface area contributed by atoms with E-state index < -0.39 is 0 Å². The van der Waals surface area contributed by atoms with Crippen LogP contribution in [-0.4, -0.2) is 0 Å². The van der Waals surface area contributed by atoms with Crippen LogP contribution in [0.15, 0.2) is 205 Å². The van der Waals surface area contributed by atoms with Crippen LogP contribution in [0.2, 0.25) is 0 Å². The predicted octanol–water partition coefficient (Wildman–Crippen LogP) is 15.6. The predicted molar refractivity (Wildman–Crippen MR) is 235 cm³/mol. The second-order valence-electron chi connectivity index (χ2n) is 14.1. The molecule has 11 aromatic rings. The van der Waals surface area contributed by atoms with E-state index in [2.05, 4.69) is 193 Å². The molecule has 2 nitrogen and oxygen atoms in total. The van der Waals surface area contributed by atoms with Gasteiger partial charge in [-0.3, -0.25) is 0 Å². The van der Waals surface area contributed by atoms with Crippen molar-refractivity contribution in [2.45, 2.75) is 0 Å². The normalized spacial score (nSPS) is 11.6. The zero-order valence-corrected chi connectivity index (χ0v) is 30.6. The quantitative estimate of drug-likeness (QED) is 0.170. The number of hydrogen-bond acceptors (Lipinski definition) is 3. The van der Waals surface area contributed by atoms with Gasteiger partial charge in [0.2, 0.25) is 0 Å². The topological polar surface area (TPSA) is 16.4 Å². The average Bonchev–Trinajstić information content (AvgIpc) is 3.82. The van der Waals surface area contributed by atoms with E-state index in [1.165, 1.54) is 53.2 Å². The van der Waals surface area contributed by atoms with Crippen molar-refractivity contribution in [1.82, 2.24) is 0 Å². The summed E-state index contributed by atoms with van der Waals surface area (Å²) >= 11 is 1.87. The molecule has 3 heteroatoms. The van der Waals surface area contributed by atoms with Crippen LogP contribution in [0.4, 0.5) is 17.1 Å². The van der Waals surface area contributed by atoms with Crippen LogP contribution < -0.4 is 4.90 Å². The highest BCUT2D eigenvalue weighted by Crippen LogP contribution is 2.43. The lowest BCUT2D eigenvalue weighted by atomic mass is 10.00. The summed E-state index contributed by atoms with van der Waals surface area (Å²) in [7, 11) is 0. The molecular weight excluding hydrogens is 687 g/mol. The monoisotopic (exact) mass is 719 g/mol. The maximum absolute atomic E-state index is 6.12. The van der Waals surface area contributed by atoms with Crippen LogP contribution in [0, 0.1) is 0 Å². The molecule has 55 heavy (non-hydrogen) atoms. The number of thiophene rings is 1. The minimum atomic E-state index is 0.908. The number of hydrogen-bond donors (Lipinski definition) is 0. The fourth-order valence-electron chi connectivity index (χ4n) is 8.11. The summed E-state index contributed by atoms with van der Waals surface area (Å²) in [5.74, 6) is 0. The summed E-state index contributed by atoms with van der Waals surface area (Å²) in [6.45, 7) is 0. The van der Waals surface area contributed by atoms with Gasteiger partial charge in [-0.2, -0.15) is 0 Å². The number of rotatable bonds is 6. The van der Waals surface area contributed by atoms with Crippen molar-refractivity contribution >= 4 is 81.3 Å². The Morgan fingerprint density at radius 2 is 0.964 bits per heavy atom. The van der Waals surface area contributed by atoms with Gasteiger partial charge in [-0.05, 0) is 111 Å². The van der Waals surface area contributed by atoms with Crippen LogP contribution in [0.1, 0.15) is 0 Å². The first-order valence-corrected chi connectivity index (χ1v) is 19.5. The molecule has 0 N–H and O–H groups in total. The molecule has 9 aromatic carbocycles. The molecule has 0 saturated carbocycles. The van der Waals surface area contributed by atoms with Gasteiger partial charge in [-0.1, -0.05) is 133 Å². The zero-order valence-electron chi connectivity index (χ0n) is 29.8. The first-order chi connectivity index (χ1) is 27.2. The van der Waals surface area contributed by atoms with Crippen LogP contribution in [0.25, 0.3) is 86.3 Å². The number of anilines is 3. The molecule has 0 amide bonds. The summed E-state index contributed by atoms with van der Waals surface area (Å²) in [5, 5.41) is 7.39. The highest BCUT2D eigenvalue weighted by atomic mass is 32.1. The van der Waals surface area contributed by atoms with Crippen LogP contribution in [0.5, 0.6) is 0 Å². The van der Waals surface area contributed by atoms with E-state index in [1.807, 2.05) is 23.5 Å². The number of benzene rings is 9. The Morgan fingerprint density at radius 3 is 1.78 bits per heavy atom. The summed E-state index contributed by atoms with van der Waals surface area (Å²) in [6, 6.07) is 72.3. The van der Waals surface area contributed by atoms with Crippen molar-refractivity contribution in [2.75, 3.05) is 4.90 Å². The van der Waals surface area contributed by atoms with Crippen LogP contribution in [0.3, 0.4) is 0 Å². The second kappa shape index (κ2) is 12.9. The van der Waals surface area contributed by atoms with Gasteiger partial charge in [0, 0.05) is 48.0 Å². The van der Waals surface area contributed by atoms with Crippen LogP contribution in [-0.2, 0) is 0 Å². The van der Waals surface area contributed by atoms with E-state index in [0.717, 1.165) is 50.1 Å². The molecule has 0 spiro atoms. The number of nitrogens with zero attached hydrogens (tertiary/aromatic N) is 1. The Bertz CT molecular complexity index is 3210. The molecular formula is C52H33NOS. The Hall–Kier alpha value is -6.94. The minimum absolute atomic E-state index is 0.908. The van der Waals surface area contributed by atoms with Crippen molar-refractivity contribution in [2.24, 2.45) is 0 Å². The molecule has 0 bridgehead atoms. The van der Waals surface area contributed by atoms with Gasteiger partial charge in [-0.15, -0.1) is 11.3 Å². The van der Waals surface area contributed by atoms with Gasteiger partial charge in [0.25, 0.3) is 0 Å². The van der Waals surface area contributed by atoms with E-state index in [1.54, 1.807) is 0 Å². The molecule has 0 fully saturated rings. The van der Waals surface area contributed by atoms with Gasteiger partial charge in [0.15, 0.2) is 0 Å². The maximum atomic E-state index is 6.12. The van der Waals surface area contributed by atoms with E-state index >= 15 is 0 Å². The summed E-state index contributed by atoms with van der Waals surface area (Å²) in [4.78, 5) is 2.37. The maximum Gasteiger partial charge on any atom is 0.135 e. The second-order valence-corrected chi connectivity index (χ2v) is 15.2. The fraction of sp³-hybridized carbons (Fsp3) is 0. The Morgan fingerprint density at radius 1 is 0.345 bits per heavy atom. The smallest absolute Gasteiger partial charge is 0.135 e. The molecule has 258 valence electrons. The lowest BCUT2D eigenvalue weighted by Crippen LogP contribution is -2.10. The Kier molecular flexibility index (Phi) is 7.39. The third-order valence-corrected chi connectivity index (χ3v) is 12.1. The lowest BCUT2D eigenvalue weighted by molar-refractivity contribution is 0.669. The third kappa shape index (κ3) is 5.48. The Labute approximate surface area is 322 Å². The first-order valence-electron chi connectivity index (χ1n) is 18.7. The molecule has 0 aliphatic heterocycles. The van der Waals surface area contributed by atoms with Gasteiger partial charge >= 0.3 is 0 Å². The van der Waals surface area contributed by atoms with Crippen molar-refractivity contribution in [1.29, 1.82) is 0 Å². The lowest BCUT2D eigenvalue weighted by Gasteiger charge is -2.26. The van der Waals surface area contributed by atoms with Gasteiger partial charge in [-0.25, -0.2) is 0 Å². The number of fused-ring (bicyclic) bond motifs is 7. The largest absolute Gasteiger partial charge is 0.456 e. The summed E-state index contributed by atoms with van der Waals surface area (Å²) < 4.78 is 8.75. The minimum Gasteiger partial charge on any atom is -0.456 e. The molecule has 0 radical (unpaired) electrons. The van der Waals surface area contributed by atoms with E-state index in [-0.39, 0.29) is 0 Å². The Balaban J connectivity index is 1.01. The SMILES string of the molecule is c1cc(-c2cccc3c2sc2ccccc23)cc(N(c2ccc(-c3ccc4ccccc4c3)cc2)c2ccc(-c3ccc4oc5ccccc5c4c3)cc2)c1. The molecule has 2 heterocycles. The molecule has 0 unspecified atom stereocenters. The van der Waals surface area contributed by atoms with Crippen molar-refractivity contribution in [3.63, 3.8) is 0 Å². The molecule has 0 saturated heterocycles. The summed E-state index contributed by atoms with van der Waals surface area (Å²) in [6.07, 6.45) is 0. The molecule has 0 atom stereocenters.